The molecule has 0 atom stereocenters. The summed E-state index contributed by atoms with van der Waals surface area (Å²) in [5.74, 6) is 1.64. The summed E-state index contributed by atoms with van der Waals surface area (Å²) >= 11 is 0. The molecule has 4 aromatic heterocycles. The summed E-state index contributed by atoms with van der Waals surface area (Å²) in [4.78, 5) is 16.2. The first kappa shape index (κ1) is 52.6. The molecule has 8 nitrogen and oxygen atoms in total. The third-order valence-electron chi connectivity index (χ3n) is 17.8. The van der Waals surface area contributed by atoms with Crippen molar-refractivity contribution in [3.63, 3.8) is 0 Å². The van der Waals surface area contributed by atoms with E-state index >= 15 is 0 Å². The smallest absolute Gasteiger partial charge is 0.164 e. The molecule has 0 spiro atoms. The van der Waals surface area contributed by atoms with E-state index in [2.05, 4.69) is 244 Å². The van der Waals surface area contributed by atoms with Crippen LogP contribution in [0, 0.1) is 22.7 Å². The maximum atomic E-state index is 9.88. The van der Waals surface area contributed by atoms with Crippen LogP contribution in [0.2, 0.25) is 0 Å². The zero-order valence-electron chi connectivity index (χ0n) is 48.9. The Morgan fingerprint density at radius 3 is 0.934 bits per heavy atom. The molecule has 0 saturated heterocycles. The standard InChI is InChI=1S/C83H50N8/c84-51-53-35-39-55(40-36-53)59-43-45-78-68(47-59)69-48-60(56-41-37-54(52-85)38-42-56)44-46-79(69)91(78)80-70(66-27-11-17-33-76(66)89-72-29-13-7-23-62(72)63-24-8-14-30-73(63)89)49-61(83-87-81(57-19-3-1-4-20-57)86-82(88-83)58-21-5-2-6-22-58)50-71(80)67-28-12-18-34-77(67)90-74-31-15-9-25-64(74)65-26-10-16-32-75(65)90/h1-50H. The van der Waals surface area contributed by atoms with Crippen LogP contribution in [0.5, 0.6) is 0 Å². The van der Waals surface area contributed by atoms with E-state index in [1.165, 1.54) is 0 Å². The summed E-state index contributed by atoms with van der Waals surface area (Å²) in [6.45, 7) is 0. The molecular formula is C83H50N8. The van der Waals surface area contributed by atoms with Crippen LogP contribution in [0.3, 0.4) is 0 Å². The molecule has 13 aromatic carbocycles. The average Bonchev–Trinajstić information content (AvgIpc) is 1.66. The van der Waals surface area contributed by atoms with Crippen LogP contribution in [-0.4, -0.2) is 28.7 Å². The predicted octanol–water partition coefficient (Wildman–Crippen LogP) is 20.6. The van der Waals surface area contributed by atoms with Crippen molar-refractivity contribution >= 4 is 65.4 Å². The lowest BCUT2D eigenvalue weighted by atomic mass is 9.90. The highest BCUT2D eigenvalue weighted by Crippen LogP contribution is 2.49. The van der Waals surface area contributed by atoms with Crippen LogP contribution in [-0.2, 0) is 0 Å². The molecule has 0 unspecified atom stereocenters. The summed E-state index contributed by atoms with van der Waals surface area (Å²) in [6.07, 6.45) is 0. The van der Waals surface area contributed by atoms with Gasteiger partial charge < -0.3 is 13.7 Å². The highest BCUT2D eigenvalue weighted by atomic mass is 15.0. The van der Waals surface area contributed by atoms with Crippen LogP contribution >= 0.6 is 0 Å². The van der Waals surface area contributed by atoms with Crippen molar-refractivity contribution in [1.82, 2.24) is 28.7 Å². The van der Waals surface area contributed by atoms with Gasteiger partial charge in [-0.15, -0.1) is 0 Å². The Morgan fingerprint density at radius 1 is 0.231 bits per heavy atom. The molecule has 0 aliphatic heterocycles. The Labute approximate surface area is 524 Å². The van der Waals surface area contributed by atoms with Crippen molar-refractivity contribution in [3.8, 4) is 108 Å². The number of hydrogen-bond donors (Lipinski definition) is 0. The molecule has 0 N–H and O–H groups in total. The number of nitriles is 2. The van der Waals surface area contributed by atoms with Gasteiger partial charge in [-0.2, -0.15) is 10.5 Å². The van der Waals surface area contributed by atoms with Gasteiger partial charge in [0, 0.05) is 71.3 Å². The van der Waals surface area contributed by atoms with Gasteiger partial charge in [0.25, 0.3) is 0 Å². The van der Waals surface area contributed by atoms with E-state index in [-0.39, 0.29) is 0 Å². The lowest BCUT2D eigenvalue weighted by Crippen LogP contribution is -2.07. The fourth-order valence-electron chi connectivity index (χ4n) is 13.6. The third-order valence-corrected chi connectivity index (χ3v) is 17.8. The number of rotatable bonds is 10. The molecule has 0 amide bonds. The van der Waals surface area contributed by atoms with Crippen LogP contribution in [0.4, 0.5) is 0 Å². The Balaban J connectivity index is 1.06. The van der Waals surface area contributed by atoms with Gasteiger partial charge >= 0.3 is 0 Å². The minimum Gasteiger partial charge on any atom is -0.309 e. The minimum atomic E-state index is 0.520. The molecule has 91 heavy (non-hydrogen) atoms. The average molecular weight is 1160 g/mol. The second-order valence-corrected chi connectivity index (χ2v) is 22.9. The van der Waals surface area contributed by atoms with E-state index < -0.39 is 0 Å². The van der Waals surface area contributed by atoms with E-state index in [9.17, 15) is 10.5 Å². The molecule has 0 saturated carbocycles. The number of hydrogen-bond acceptors (Lipinski definition) is 5. The summed E-state index contributed by atoms with van der Waals surface area (Å²) < 4.78 is 7.32. The van der Waals surface area contributed by atoms with Crippen molar-refractivity contribution < 1.29 is 0 Å². The number of fused-ring (bicyclic) bond motifs is 9. The molecule has 17 rings (SSSR count). The first-order chi connectivity index (χ1) is 45.0. The number of para-hydroxylation sites is 6. The van der Waals surface area contributed by atoms with E-state index in [4.69, 9.17) is 15.0 Å². The van der Waals surface area contributed by atoms with Crippen molar-refractivity contribution in [2.75, 3.05) is 0 Å². The molecule has 8 heteroatoms. The normalized spacial score (nSPS) is 11.5. The topological polar surface area (TPSA) is 101 Å². The third kappa shape index (κ3) is 8.78. The van der Waals surface area contributed by atoms with Gasteiger partial charge in [-0.3, -0.25) is 0 Å². The molecule has 0 fully saturated rings. The van der Waals surface area contributed by atoms with Gasteiger partial charge in [0.05, 0.1) is 73.4 Å². The highest BCUT2D eigenvalue weighted by Gasteiger charge is 2.28. The van der Waals surface area contributed by atoms with Gasteiger partial charge in [-0.25, -0.2) is 15.0 Å². The maximum absolute atomic E-state index is 9.88. The van der Waals surface area contributed by atoms with E-state index in [0.717, 1.165) is 144 Å². The fourth-order valence-corrected chi connectivity index (χ4v) is 13.6. The number of benzene rings is 13. The van der Waals surface area contributed by atoms with Crippen molar-refractivity contribution in [1.29, 1.82) is 10.5 Å². The monoisotopic (exact) mass is 1160 g/mol. The lowest BCUT2D eigenvalue weighted by molar-refractivity contribution is 1.07. The molecule has 0 aliphatic rings. The molecular weight excluding hydrogens is 1110 g/mol. The van der Waals surface area contributed by atoms with E-state index in [0.29, 0.717) is 28.6 Å². The summed E-state index contributed by atoms with van der Waals surface area (Å²) in [5, 5.41) is 26.5. The van der Waals surface area contributed by atoms with Crippen molar-refractivity contribution in [3.05, 3.63) is 314 Å². The van der Waals surface area contributed by atoms with Gasteiger partial charge in [0.2, 0.25) is 0 Å². The Hall–Kier alpha value is -12.8. The lowest BCUT2D eigenvalue weighted by Gasteiger charge is -2.24. The largest absolute Gasteiger partial charge is 0.309 e. The Bertz CT molecular complexity index is 5380. The van der Waals surface area contributed by atoms with Gasteiger partial charge in [0.1, 0.15) is 0 Å². The summed E-state index contributed by atoms with van der Waals surface area (Å²) in [6, 6.07) is 111. The first-order valence-electron chi connectivity index (χ1n) is 30.4. The first-order valence-corrected chi connectivity index (χ1v) is 30.4. The van der Waals surface area contributed by atoms with Crippen LogP contribution in [0.15, 0.2) is 303 Å². The predicted molar refractivity (Wildman–Crippen MR) is 370 cm³/mol. The fraction of sp³-hybridized carbons (Fsp3) is 0. The summed E-state index contributed by atoms with van der Waals surface area (Å²) in [7, 11) is 0. The highest BCUT2D eigenvalue weighted by molar-refractivity contribution is 6.15. The number of nitrogens with zero attached hydrogens (tertiary/aromatic N) is 8. The van der Waals surface area contributed by atoms with Gasteiger partial charge in [-0.05, 0) is 119 Å². The van der Waals surface area contributed by atoms with Gasteiger partial charge in [0.15, 0.2) is 17.5 Å². The van der Waals surface area contributed by atoms with Crippen LogP contribution < -0.4 is 0 Å². The second kappa shape index (κ2) is 21.6. The Morgan fingerprint density at radius 2 is 0.549 bits per heavy atom. The molecule has 0 aliphatic carbocycles. The Kier molecular flexibility index (Phi) is 12.5. The summed E-state index contributed by atoms with van der Waals surface area (Å²) in [5.41, 5.74) is 20.9. The van der Waals surface area contributed by atoms with Crippen molar-refractivity contribution in [2.24, 2.45) is 0 Å². The van der Waals surface area contributed by atoms with Crippen molar-refractivity contribution in [2.45, 2.75) is 0 Å². The van der Waals surface area contributed by atoms with E-state index in [1.807, 2.05) is 84.9 Å². The van der Waals surface area contributed by atoms with E-state index in [1.54, 1.807) is 0 Å². The van der Waals surface area contributed by atoms with Gasteiger partial charge in [-0.1, -0.05) is 206 Å². The molecule has 0 bridgehead atoms. The quantitative estimate of drug-likeness (QED) is 0.136. The SMILES string of the molecule is N#Cc1ccc(-c2ccc3c(c2)c2cc(-c4ccc(C#N)cc4)ccc2n3-c2c(-c3ccccc3-n3c4ccccc4c4ccccc43)cc(-c3nc(-c4ccccc4)nc(-c4ccccc4)n3)cc2-c2ccccc2-n2c3ccccc3c3ccccc32)cc1. The zero-order chi connectivity index (χ0) is 60.5. The minimum absolute atomic E-state index is 0.520. The zero-order valence-corrected chi connectivity index (χ0v) is 48.9. The maximum Gasteiger partial charge on any atom is 0.164 e. The number of aromatic nitrogens is 6. The molecule has 0 radical (unpaired) electrons. The molecule has 17 aromatic rings. The molecule has 422 valence electrons. The van der Waals surface area contributed by atoms with Crippen LogP contribution in [0.1, 0.15) is 11.1 Å². The molecule has 4 heterocycles. The van der Waals surface area contributed by atoms with Crippen LogP contribution in [0.25, 0.3) is 161 Å². The second-order valence-electron chi connectivity index (χ2n) is 22.9.